The predicted octanol–water partition coefficient (Wildman–Crippen LogP) is 3.59. The van der Waals surface area contributed by atoms with E-state index in [0.29, 0.717) is 0 Å². The molecule has 0 radical (unpaired) electrons. The van der Waals surface area contributed by atoms with E-state index in [9.17, 15) is 0 Å². The maximum Gasteiger partial charge on any atom is 0.00745 e. The molecule has 0 bridgehead atoms. The minimum Gasteiger partial charge on any atom is -0.130 e. The summed E-state index contributed by atoms with van der Waals surface area (Å²) in [6, 6.07) is 4.55. The van der Waals surface area contributed by atoms with Gasteiger partial charge in [-0.3, -0.25) is 0 Å². The van der Waals surface area contributed by atoms with Crippen LogP contribution in [0.4, 0.5) is 0 Å². The maximum absolute atomic E-state index is 2.27. The van der Waals surface area contributed by atoms with E-state index in [2.05, 4.69) is 39.2 Å². The molecule has 66 valence electrons. The van der Waals surface area contributed by atoms with Gasteiger partial charge >= 0.3 is 0 Å². The molecule has 0 spiro atoms. The fraction of sp³-hybridized carbons (Fsp3) is 0.455. The Balaban J connectivity index is 3.18. The van der Waals surface area contributed by atoms with Crippen LogP contribution in [0.25, 0.3) is 0 Å². The third-order valence-electron chi connectivity index (χ3n) is 2.26. The van der Waals surface area contributed by atoms with Gasteiger partial charge in [-0.05, 0) is 55.3 Å². The van der Waals surface area contributed by atoms with Crippen molar-refractivity contribution < 1.29 is 0 Å². The molecular weight excluding hydrogens is 164 g/mol. The Bertz CT molecular complexity index is 253. The van der Waals surface area contributed by atoms with Crippen LogP contribution in [0.15, 0.2) is 17.0 Å². The van der Waals surface area contributed by atoms with E-state index < -0.39 is 0 Å². The van der Waals surface area contributed by atoms with Crippen LogP contribution in [0.5, 0.6) is 0 Å². The fourth-order valence-corrected chi connectivity index (χ4v) is 2.22. The maximum atomic E-state index is 2.27. The Kier molecular flexibility index (Phi) is 3.21. The number of hydrogen-bond acceptors (Lipinski definition) is 1. The standard InChI is InChI=1S/C11H16S/c1-5-11-8(2)6-10(12-4)7-9(11)3/h6-7H,5H2,1-4H3. The summed E-state index contributed by atoms with van der Waals surface area (Å²) in [5.74, 6) is 0. The second-order valence-electron chi connectivity index (χ2n) is 3.09. The van der Waals surface area contributed by atoms with E-state index in [0.717, 1.165) is 6.42 Å². The van der Waals surface area contributed by atoms with E-state index in [1.807, 2.05) is 11.8 Å². The minimum absolute atomic E-state index is 1.15. The van der Waals surface area contributed by atoms with Crippen molar-refractivity contribution in [1.29, 1.82) is 0 Å². The molecule has 1 aromatic rings. The molecule has 1 aromatic carbocycles. The second kappa shape index (κ2) is 3.99. The fourth-order valence-electron chi connectivity index (χ4n) is 1.63. The molecule has 0 atom stereocenters. The molecule has 0 saturated heterocycles. The molecule has 0 aliphatic rings. The number of hydrogen-bond donors (Lipinski definition) is 0. The van der Waals surface area contributed by atoms with Crippen LogP contribution in [0.1, 0.15) is 23.6 Å². The lowest BCUT2D eigenvalue weighted by atomic mass is 10.0. The quantitative estimate of drug-likeness (QED) is 0.627. The Morgan fingerprint density at radius 1 is 1.17 bits per heavy atom. The molecule has 12 heavy (non-hydrogen) atoms. The summed E-state index contributed by atoms with van der Waals surface area (Å²) in [6.07, 6.45) is 3.27. The first-order valence-electron chi connectivity index (χ1n) is 4.33. The first-order chi connectivity index (χ1) is 5.69. The number of thioether (sulfide) groups is 1. The molecule has 0 nitrogen and oxygen atoms in total. The average Bonchev–Trinajstić information content (AvgIpc) is 2.03. The third kappa shape index (κ3) is 1.84. The molecule has 0 aromatic heterocycles. The second-order valence-corrected chi connectivity index (χ2v) is 3.97. The highest BCUT2D eigenvalue weighted by Crippen LogP contribution is 2.22. The van der Waals surface area contributed by atoms with Gasteiger partial charge in [-0.2, -0.15) is 0 Å². The highest BCUT2D eigenvalue weighted by Gasteiger charge is 2.01. The summed E-state index contributed by atoms with van der Waals surface area (Å²) in [4.78, 5) is 1.38. The summed E-state index contributed by atoms with van der Waals surface area (Å²) >= 11 is 1.82. The van der Waals surface area contributed by atoms with Crippen LogP contribution in [-0.4, -0.2) is 6.26 Å². The van der Waals surface area contributed by atoms with Crippen molar-refractivity contribution >= 4 is 11.8 Å². The van der Waals surface area contributed by atoms with Gasteiger partial charge in [0.15, 0.2) is 0 Å². The Labute approximate surface area is 79.4 Å². The number of aryl methyl sites for hydroxylation is 2. The SMILES string of the molecule is CCc1c(C)cc(SC)cc1C. The van der Waals surface area contributed by atoms with Crippen molar-refractivity contribution in [2.24, 2.45) is 0 Å². The monoisotopic (exact) mass is 180 g/mol. The van der Waals surface area contributed by atoms with Crippen LogP contribution in [-0.2, 0) is 6.42 Å². The van der Waals surface area contributed by atoms with Crippen molar-refractivity contribution in [3.05, 3.63) is 28.8 Å². The molecule has 0 heterocycles. The van der Waals surface area contributed by atoms with Gasteiger partial charge in [0.1, 0.15) is 0 Å². The number of rotatable bonds is 2. The summed E-state index contributed by atoms with van der Waals surface area (Å²) in [7, 11) is 0. The van der Waals surface area contributed by atoms with Gasteiger partial charge in [-0.1, -0.05) is 6.92 Å². The van der Waals surface area contributed by atoms with E-state index in [1.54, 1.807) is 0 Å². The first kappa shape index (κ1) is 9.66. The lowest BCUT2D eigenvalue weighted by Gasteiger charge is -2.09. The first-order valence-corrected chi connectivity index (χ1v) is 5.55. The van der Waals surface area contributed by atoms with E-state index >= 15 is 0 Å². The zero-order valence-electron chi connectivity index (χ0n) is 8.27. The van der Waals surface area contributed by atoms with Gasteiger partial charge in [-0.25, -0.2) is 0 Å². The summed E-state index contributed by atoms with van der Waals surface area (Å²) in [5, 5.41) is 0. The zero-order valence-corrected chi connectivity index (χ0v) is 9.09. The molecule has 0 amide bonds. The van der Waals surface area contributed by atoms with E-state index in [1.165, 1.54) is 21.6 Å². The predicted molar refractivity (Wildman–Crippen MR) is 57.1 cm³/mol. The van der Waals surface area contributed by atoms with Crippen molar-refractivity contribution in [1.82, 2.24) is 0 Å². The van der Waals surface area contributed by atoms with Crippen molar-refractivity contribution in [3.8, 4) is 0 Å². The molecule has 0 aliphatic carbocycles. The molecule has 0 N–H and O–H groups in total. The zero-order chi connectivity index (χ0) is 9.14. The molecule has 0 unspecified atom stereocenters. The Hall–Kier alpha value is -0.430. The van der Waals surface area contributed by atoms with Gasteiger partial charge in [0.05, 0.1) is 0 Å². The largest absolute Gasteiger partial charge is 0.130 e. The Morgan fingerprint density at radius 3 is 2.00 bits per heavy atom. The lowest BCUT2D eigenvalue weighted by Crippen LogP contribution is -1.91. The molecule has 0 aliphatic heterocycles. The highest BCUT2D eigenvalue weighted by molar-refractivity contribution is 7.98. The van der Waals surface area contributed by atoms with Crippen LogP contribution in [0.2, 0.25) is 0 Å². The van der Waals surface area contributed by atoms with Crippen LogP contribution >= 0.6 is 11.8 Å². The van der Waals surface area contributed by atoms with Gasteiger partial charge in [0.25, 0.3) is 0 Å². The lowest BCUT2D eigenvalue weighted by molar-refractivity contribution is 1.06. The van der Waals surface area contributed by atoms with Gasteiger partial charge in [0, 0.05) is 4.90 Å². The molecule has 0 saturated carbocycles. The van der Waals surface area contributed by atoms with E-state index in [-0.39, 0.29) is 0 Å². The minimum atomic E-state index is 1.15. The smallest absolute Gasteiger partial charge is 0.00745 e. The van der Waals surface area contributed by atoms with Gasteiger partial charge in [-0.15, -0.1) is 11.8 Å². The summed E-state index contributed by atoms with van der Waals surface area (Å²) in [6.45, 7) is 6.62. The summed E-state index contributed by atoms with van der Waals surface area (Å²) < 4.78 is 0. The molecule has 1 heteroatoms. The highest BCUT2D eigenvalue weighted by atomic mass is 32.2. The third-order valence-corrected chi connectivity index (χ3v) is 2.97. The van der Waals surface area contributed by atoms with Gasteiger partial charge in [0.2, 0.25) is 0 Å². The van der Waals surface area contributed by atoms with Crippen molar-refractivity contribution in [2.75, 3.05) is 6.26 Å². The molecule has 1 rings (SSSR count). The molecule has 0 fully saturated rings. The topological polar surface area (TPSA) is 0 Å². The summed E-state index contributed by atoms with van der Waals surface area (Å²) in [5.41, 5.74) is 4.37. The van der Waals surface area contributed by atoms with Gasteiger partial charge < -0.3 is 0 Å². The normalized spacial score (nSPS) is 10.3. The van der Waals surface area contributed by atoms with E-state index in [4.69, 9.17) is 0 Å². The van der Waals surface area contributed by atoms with Crippen LogP contribution in [0, 0.1) is 13.8 Å². The number of benzene rings is 1. The Morgan fingerprint density at radius 2 is 1.67 bits per heavy atom. The van der Waals surface area contributed by atoms with Crippen LogP contribution in [0.3, 0.4) is 0 Å². The molecular formula is C11H16S. The van der Waals surface area contributed by atoms with Crippen molar-refractivity contribution in [2.45, 2.75) is 32.1 Å². The van der Waals surface area contributed by atoms with Crippen LogP contribution < -0.4 is 0 Å². The average molecular weight is 180 g/mol. The van der Waals surface area contributed by atoms with Crippen molar-refractivity contribution in [3.63, 3.8) is 0 Å².